The van der Waals surface area contributed by atoms with E-state index in [1.54, 1.807) is 0 Å². The van der Waals surface area contributed by atoms with Crippen LogP contribution in [-0.2, 0) is 15.8 Å². The Bertz CT molecular complexity index is 803. The van der Waals surface area contributed by atoms with Crippen molar-refractivity contribution in [2.45, 2.75) is 63.6 Å². The number of carbonyl (C=O) groups is 2. The Morgan fingerprint density at radius 1 is 1.17 bits per heavy atom. The van der Waals surface area contributed by atoms with Gasteiger partial charge in [-0.3, -0.25) is 9.59 Å². The summed E-state index contributed by atoms with van der Waals surface area (Å²) >= 11 is 0. The Balaban J connectivity index is 2.87. The van der Waals surface area contributed by atoms with E-state index in [1.807, 2.05) is 0 Å². The van der Waals surface area contributed by atoms with E-state index in [0.29, 0.717) is 0 Å². The quantitative estimate of drug-likeness (QED) is 0.497. The third kappa shape index (κ3) is 6.90. The minimum absolute atomic E-state index is 0.0181. The molecule has 9 heteroatoms. The predicted octanol–water partition coefficient (Wildman–Crippen LogP) is 3.15. The molecule has 0 heterocycles. The lowest BCUT2D eigenvalue weighted by atomic mass is 10.1. The average molecular weight is 429 g/mol. The van der Waals surface area contributed by atoms with Crippen LogP contribution >= 0.6 is 0 Å². The molecule has 5 nitrogen and oxygen atoms in total. The van der Waals surface area contributed by atoms with Gasteiger partial charge in [0.05, 0.1) is 5.56 Å². The lowest BCUT2D eigenvalue weighted by molar-refractivity contribution is -0.137. The van der Waals surface area contributed by atoms with Gasteiger partial charge in [-0.2, -0.15) is 13.2 Å². The zero-order valence-corrected chi connectivity index (χ0v) is 18.1. The Labute approximate surface area is 169 Å². The van der Waals surface area contributed by atoms with Crippen molar-refractivity contribution in [1.29, 1.82) is 0 Å². The first kappa shape index (κ1) is 24.7. The van der Waals surface area contributed by atoms with Crippen LogP contribution in [0.3, 0.4) is 0 Å². The summed E-state index contributed by atoms with van der Waals surface area (Å²) in [7, 11) is -1.91. The molecule has 0 aliphatic heterocycles. The van der Waals surface area contributed by atoms with Gasteiger partial charge in [0.1, 0.15) is 14.1 Å². The van der Waals surface area contributed by atoms with Crippen molar-refractivity contribution < 1.29 is 27.9 Å². The van der Waals surface area contributed by atoms with Crippen LogP contribution in [0.2, 0.25) is 18.1 Å². The van der Waals surface area contributed by atoms with Crippen molar-refractivity contribution in [1.82, 2.24) is 5.32 Å². The number of rotatable bonds is 5. The number of aliphatic hydroxyl groups is 1. The maximum Gasteiger partial charge on any atom is 0.416 e. The maximum absolute atomic E-state index is 12.6. The zero-order chi connectivity index (χ0) is 22.6. The largest absolute Gasteiger partial charge is 0.416 e. The Kier molecular flexibility index (Phi) is 7.68. The first-order valence-corrected chi connectivity index (χ1v) is 12.0. The van der Waals surface area contributed by atoms with Crippen LogP contribution in [0.25, 0.3) is 0 Å². The summed E-state index contributed by atoms with van der Waals surface area (Å²) in [5, 5.41) is 12.4. The molecule has 0 aromatic heterocycles. The number of alkyl halides is 3. The molecular weight excluding hydrogens is 401 g/mol. The molecule has 0 saturated heterocycles. The number of benzene rings is 1. The lowest BCUT2D eigenvalue weighted by Crippen LogP contribution is -2.46. The number of hydrogen-bond donors (Lipinski definition) is 3. The lowest BCUT2D eigenvalue weighted by Gasteiger charge is -2.31. The van der Waals surface area contributed by atoms with E-state index < -0.39 is 43.8 Å². The van der Waals surface area contributed by atoms with Gasteiger partial charge in [-0.25, -0.2) is 0 Å². The summed E-state index contributed by atoms with van der Waals surface area (Å²) in [6, 6.07) is 2.42. The Hall–Kier alpha value is -2.31. The van der Waals surface area contributed by atoms with Gasteiger partial charge < -0.3 is 16.2 Å². The molecule has 0 radical (unpaired) electrons. The minimum Gasteiger partial charge on any atom is -0.378 e. The fourth-order valence-corrected chi connectivity index (χ4v) is 2.96. The topological polar surface area (TPSA) is 92.4 Å². The van der Waals surface area contributed by atoms with Crippen LogP contribution in [0.4, 0.5) is 13.2 Å². The molecule has 160 valence electrons. The standard InChI is InChI=1S/C20H27F3N2O3Si/c1-19(2,3)29(4,5)12-6-7-15(17(24)27)25-18(28)16(26)13-8-10-14(11-9-13)20(21,22)23/h8-11,15-16,26H,7H2,1-5H3,(H2,24,27)(H,25,28)/t15-,16+/m1/s1. The fraction of sp³-hybridized carbons (Fsp3) is 0.500. The molecule has 4 N–H and O–H groups in total. The normalized spacial score (nSPS) is 14.4. The SMILES string of the molecule is CC(C)(C)[Si](C)(C)C#CC[C@@H](NC(=O)[C@@H](O)c1ccc(C(F)(F)F)cc1)C(N)=O. The number of amides is 2. The number of halogens is 3. The minimum atomic E-state index is -4.52. The van der Waals surface area contributed by atoms with Crippen molar-refractivity contribution in [3.05, 3.63) is 35.4 Å². The first-order chi connectivity index (χ1) is 13.1. The van der Waals surface area contributed by atoms with Crippen LogP contribution in [0.15, 0.2) is 24.3 Å². The molecule has 0 unspecified atom stereocenters. The summed E-state index contributed by atoms with van der Waals surface area (Å²) in [5.74, 6) is 1.15. The van der Waals surface area contributed by atoms with E-state index in [1.165, 1.54) is 0 Å². The van der Waals surface area contributed by atoms with Crippen LogP contribution in [0, 0.1) is 11.5 Å². The second-order valence-electron chi connectivity index (χ2n) is 8.37. The summed E-state index contributed by atoms with van der Waals surface area (Å²) in [4.78, 5) is 23.9. The Morgan fingerprint density at radius 2 is 1.69 bits per heavy atom. The van der Waals surface area contributed by atoms with Gasteiger partial charge in [0.15, 0.2) is 6.10 Å². The monoisotopic (exact) mass is 428 g/mol. The summed E-state index contributed by atoms with van der Waals surface area (Å²) in [5.41, 5.74) is 7.58. The molecule has 0 aliphatic carbocycles. The van der Waals surface area contributed by atoms with Gasteiger partial charge in [-0.05, 0) is 22.7 Å². The van der Waals surface area contributed by atoms with E-state index in [4.69, 9.17) is 5.73 Å². The second kappa shape index (κ2) is 9.01. The van der Waals surface area contributed by atoms with Gasteiger partial charge >= 0.3 is 6.18 Å². The fourth-order valence-electron chi connectivity index (χ4n) is 2.04. The summed E-state index contributed by atoms with van der Waals surface area (Å²) in [6.07, 6.45) is -6.29. The van der Waals surface area contributed by atoms with Crippen LogP contribution < -0.4 is 11.1 Å². The highest BCUT2D eigenvalue weighted by Crippen LogP contribution is 2.35. The molecule has 29 heavy (non-hydrogen) atoms. The summed E-state index contributed by atoms with van der Waals surface area (Å²) in [6.45, 7) is 10.4. The third-order valence-corrected chi connectivity index (χ3v) is 9.60. The highest BCUT2D eigenvalue weighted by molar-refractivity contribution is 6.87. The van der Waals surface area contributed by atoms with Gasteiger partial charge in [0.2, 0.25) is 5.91 Å². The molecule has 0 aliphatic rings. The van der Waals surface area contributed by atoms with Crippen molar-refractivity contribution in [2.75, 3.05) is 0 Å². The highest BCUT2D eigenvalue weighted by Gasteiger charge is 2.34. The molecular formula is C20H27F3N2O3Si. The molecule has 1 aromatic rings. The van der Waals surface area contributed by atoms with Gasteiger partial charge in [0.25, 0.3) is 5.91 Å². The van der Waals surface area contributed by atoms with Gasteiger partial charge in [-0.15, -0.1) is 11.5 Å². The molecule has 0 fully saturated rings. The van der Waals surface area contributed by atoms with Crippen LogP contribution in [0.1, 0.15) is 44.4 Å². The molecule has 1 aromatic carbocycles. The number of nitrogens with two attached hydrogens (primary N) is 1. The van der Waals surface area contributed by atoms with E-state index >= 15 is 0 Å². The maximum atomic E-state index is 12.6. The van der Waals surface area contributed by atoms with Crippen molar-refractivity contribution >= 4 is 19.9 Å². The number of hydrogen-bond acceptors (Lipinski definition) is 3. The van der Waals surface area contributed by atoms with Crippen molar-refractivity contribution in [3.8, 4) is 11.5 Å². The van der Waals surface area contributed by atoms with Crippen LogP contribution in [0.5, 0.6) is 0 Å². The number of aliphatic hydroxyl groups excluding tert-OH is 1. The van der Waals surface area contributed by atoms with E-state index in [-0.39, 0.29) is 17.0 Å². The van der Waals surface area contributed by atoms with E-state index in [9.17, 15) is 27.9 Å². The average Bonchev–Trinajstić information content (AvgIpc) is 2.58. The molecule has 2 atom stereocenters. The molecule has 0 saturated carbocycles. The second-order valence-corrected chi connectivity index (χ2v) is 13.4. The molecule has 0 spiro atoms. The number of carbonyl (C=O) groups excluding carboxylic acids is 2. The predicted molar refractivity (Wildman–Crippen MR) is 107 cm³/mol. The van der Waals surface area contributed by atoms with Gasteiger partial charge in [-0.1, -0.05) is 46.0 Å². The molecule has 1 rings (SSSR count). The highest BCUT2D eigenvalue weighted by atomic mass is 28.3. The van der Waals surface area contributed by atoms with Gasteiger partial charge in [0, 0.05) is 6.42 Å². The number of nitrogens with one attached hydrogen (secondary N) is 1. The van der Waals surface area contributed by atoms with E-state index in [0.717, 1.165) is 24.3 Å². The van der Waals surface area contributed by atoms with E-state index in [2.05, 4.69) is 50.6 Å². The van der Waals surface area contributed by atoms with Crippen molar-refractivity contribution in [3.63, 3.8) is 0 Å². The Morgan fingerprint density at radius 3 is 2.10 bits per heavy atom. The third-order valence-electron chi connectivity index (χ3n) is 5.04. The molecule has 2 amide bonds. The zero-order valence-electron chi connectivity index (χ0n) is 17.1. The summed E-state index contributed by atoms with van der Waals surface area (Å²) < 4.78 is 37.8. The number of primary amides is 1. The molecule has 0 bridgehead atoms. The smallest absolute Gasteiger partial charge is 0.378 e. The first-order valence-electron chi connectivity index (χ1n) is 9.01. The van der Waals surface area contributed by atoms with Crippen LogP contribution in [-0.4, -0.2) is 31.0 Å². The van der Waals surface area contributed by atoms with Crippen molar-refractivity contribution in [2.24, 2.45) is 5.73 Å².